The van der Waals surface area contributed by atoms with E-state index in [0.717, 1.165) is 0 Å². The van der Waals surface area contributed by atoms with E-state index in [0.29, 0.717) is 34.5 Å². The Morgan fingerprint density at radius 1 is 1.24 bits per heavy atom. The van der Waals surface area contributed by atoms with Crippen LogP contribution in [0, 0.1) is 0 Å². The summed E-state index contributed by atoms with van der Waals surface area (Å²) < 4.78 is 5.47. The number of carbonyl (C=O) groups is 1. The van der Waals surface area contributed by atoms with Crippen molar-refractivity contribution in [2.45, 2.75) is 6.10 Å². The number of aliphatic hydroxyl groups is 1. The minimum atomic E-state index is -0.778. The third-order valence-corrected chi connectivity index (χ3v) is 4.00. The number of nitrogens with two attached hydrogens (primary N) is 1. The van der Waals surface area contributed by atoms with Gasteiger partial charge in [-0.05, 0) is 30.3 Å². The summed E-state index contributed by atoms with van der Waals surface area (Å²) in [5.41, 5.74) is 5.74. The highest BCUT2D eigenvalue weighted by Crippen LogP contribution is 2.26. The topological polar surface area (TPSA) is 105 Å². The van der Waals surface area contributed by atoms with Crippen molar-refractivity contribution >= 4 is 29.1 Å². The number of hydrogen-bond acceptors (Lipinski definition) is 5. The predicted molar refractivity (Wildman–Crippen MR) is 96.4 cm³/mol. The number of rotatable bonds is 8. The molecule has 0 heterocycles. The smallest absolute Gasteiger partial charge is 0.252 e. The van der Waals surface area contributed by atoms with Crippen LogP contribution in [0.2, 0.25) is 10.0 Å². The number of nitrogens with one attached hydrogen (secondary N) is 1. The number of phenols is 1. The molecule has 2 rings (SSSR count). The van der Waals surface area contributed by atoms with E-state index < -0.39 is 12.0 Å². The predicted octanol–water partition coefficient (Wildman–Crippen LogP) is 2.50. The van der Waals surface area contributed by atoms with Crippen molar-refractivity contribution in [1.82, 2.24) is 5.32 Å². The molecule has 8 heteroatoms. The average molecular weight is 385 g/mol. The zero-order chi connectivity index (χ0) is 18.4. The maximum absolute atomic E-state index is 11.2. The van der Waals surface area contributed by atoms with Crippen molar-refractivity contribution in [2.24, 2.45) is 5.73 Å². The van der Waals surface area contributed by atoms with Gasteiger partial charge in [-0.2, -0.15) is 0 Å². The van der Waals surface area contributed by atoms with Gasteiger partial charge in [-0.25, -0.2) is 0 Å². The SMILES string of the molecule is NC(=O)c1cc(OCCNCC(O)c2ccc(Cl)cc2Cl)ccc1O. The summed E-state index contributed by atoms with van der Waals surface area (Å²) in [5.74, 6) is -0.514. The number of hydrogen-bond donors (Lipinski definition) is 4. The standard InChI is InChI=1S/C17H18Cl2N2O4/c18-10-1-3-12(14(19)7-10)16(23)9-21-5-6-25-11-2-4-15(22)13(8-11)17(20)24/h1-4,7-8,16,21-23H,5-6,9H2,(H2,20,24). The van der Waals surface area contributed by atoms with Gasteiger partial charge in [0.1, 0.15) is 18.1 Å². The van der Waals surface area contributed by atoms with Crippen molar-refractivity contribution in [3.05, 3.63) is 57.6 Å². The Balaban J connectivity index is 1.78. The Labute approximate surface area is 155 Å². The van der Waals surface area contributed by atoms with Gasteiger partial charge in [0.05, 0.1) is 11.7 Å². The van der Waals surface area contributed by atoms with Crippen LogP contribution in [0.5, 0.6) is 11.5 Å². The molecule has 0 aliphatic rings. The second-order valence-electron chi connectivity index (χ2n) is 5.28. The van der Waals surface area contributed by atoms with E-state index in [1.807, 2.05) is 0 Å². The molecule has 25 heavy (non-hydrogen) atoms. The summed E-state index contributed by atoms with van der Waals surface area (Å²) in [7, 11) is 0. The lowest BCUT2D eigenvalue weighted by Gasteiger charge is -2.14. The number of carbonyl (C=O) groups excluding carboxylic acids is 1. The van der Waals surface area contributed by atoms with Gasteiger partial charge in [-0.1, -0.05) is 29.3 Å². The van der Waals surface area contributed by atoms with Gasteiger partial charge in [0, 0.05) is 28.7 Å². The molecule has 0 fully saturated rings. The van der Waals surface area contributed by atoms with Crippen LogP contribution in [0.3, 0.4) is 0 Å². The summed E-state index contributed by atoms with van der Waals surface area (Å²) in [6.07, 6.45) is -0.778. The number of aliphatic hydroxyl groups excluding tert-OH is 1. The molecule has 1 unspecified atom stereocenters. The molecule has 0 aromatic heterocycles. The van der Waals surface area contributed by atoms with Crippen LogP contribution in [0.1, 0.15) is 22.0 Å². The van der Waals surface area contributed by atoms with Crippen molar-refractivity contribution in [2.75, 3.05) is 19.7 Å². The zero-order valence-corrected chi connectivity index (χ0v) is 14.7. The van der Waals surface area contributed by atoms with E-state index in [2.05, 4.69) is 5.32 Å². The van der Waals surface area contributed by atoms with E-state index in [9.17, 15) is 15.0 Å². The zero-order valence-electron chi connectivity index (χ0n) is 13.2. The first-order valence-electron chi connectivity index (χ1n) is 7.48. The van der Waals surface area contributed by atoms with Crippen molar-refractivity contribution in [3.8, 4) is 11.5 Å². The maximum atomic E-state index is 11.2. The van der Waals surface area contributed by atoms with Gasteiger partial charge >= 0.3 is 0 Å². The lowest BCUT2D eigenvalue weighted by atomic mass is 10.1. The minimum Gasteiger partial charge on any atom is -0.507 e. The highest BCUT2D eigenvalue weighted by Gasteiger charge is 2.12. The molecule has 0 aliphatic carbocycles. The molecule has 0 saturated heterocycles. The fourth-order valence-electron chi connectivity index (χ4n) is 2.16. The molecule has 2 aromatic carbocycles. The summed E-state index contributed by atoms with van der Waals surface area (Å²) in [5, 5.41) is 23.6. The third kappa shape index (κ3) is 5.51. The van der Waals surface area contributed by atoms with Crippen LogP contribution < -0.4 is 15.8 Å². The van der Waals surface area contributed by atoms with Crippen molar-refractivity contribution in [3.63, 3.8) is 0 Å². The van der Waals surface area contributed by atoms with Gasteiger partial charge in [-0.3, -0.25) is 4.79 Å². The maximum Gasteiger partial charge on any atom is 0.252 e. The Hall–Kier alpha value is -1.99. The minimum absolute atomic E-state index is 0.00161. The molecule has 1 amide bonds. The molecule has 0 spiro atoms. The molecular formula is C17H18Cl2N2O4. The van der Waals surface area contributed by atoms with Crippen molar-refractivity contribution < 1.29 is 19.7 Å². The van der Waals surface area contributed by atoms with E-state index in [-0.39, 0.29) is 17.9 Å². The number of ether oxygens (including phenoxy) is 1. The van der Waals surface area contributed by atoms with Crippen molar-refractivity contribution in [1.29, 1.82) is 0 Å². The third-order valence-electron chi connectivity index (χ3n) is 3.44. The normalized spacial score (nSPS) is 12.0. The first-order valence-corrected chi connectivity index (χ1v) is 8.23. The molecule has 134 valence electrons. The number of halogens is 2. The Morgan fingerprint density at radius 2 is 2.00 bits per heavy atom. The summed E-state index contributed by atoms with van der Waals surface area (Å²) in [6, 6.07) is 9.16. The number of benzene rings is 2. The van der Waals surface area contributed by atoms with E-state index in [1.54, 1.807) is 18.2 Å². The number of amides is 1. The first kappa shape index (κ1) is 19.3. The Bertz CT molecular complexity index is 755. The largest absolute Gasteiger partial charge is 0.507 e. The number of primary amides is 1. The Kier molecular flexibility index (Phi) is 6.90. The average Bonchev–Trinajstić information content (AvgIpc) is 2.55. The monoisotopic (exact) mass is 384 g/mol. The molecule has 5 N–H and O–H groups in total. The molecule has 0 bridgehead atoms. The van der Waals surface area contributed by atoms with Crippen LogP contribution in [0.15, 0.2) is 36.4 Å². The lowest BCUT2D eigenvalue weighted by molar-refractivity contribution is 0.0997. The molecule has 1 atom stereocenters. The fraction of sp³-hybridized carbons (Fsp3) is 0.235. The van der Waals surface area contributed by atoms with Gasteiger partial charge in [0.2, 0.25) is 0 Å². The van der Waals surface area contributed by atoms with Gasteiger partial charge in [-0.15, -0.1) is 0 Å². The van der Waals surface area contributed by atoms with E-state index in [1.165, 1.54) is 18.2 Å². The molecule has 0 radical (unpaired) electrons. The second kappa shape index (κ2) is 8.92. The summed E-state index contributed by atoms with van der Waals surface area (Å²) in [6.45, 7) is 1.03. The van der Waals surface area contributed by atoms with Crippen LogP contribution in [0.25, 0.3) is 0 Å². The van der Waals surface area contributed by atoms with E-state index >= 15 is 0 Å². The second-order valence-corrected chi connectivity index (χ2v) is 6.12. The van der Waals surface area contributed by atoms with Crippen LogP contribution in [-0.4, -0.2) is 35.8 Å². The van der Waals surface area contributed by atoms with Crippen LogP contribution in [0.4, 0.5) is 0 Å². The molecule has 2 aromatic rings. The Morgan fingerprint density at radius 3 is 2.68 bits per heavy atom. The number of aromatic hydroxyl groups is 1. The van der Waals surface area contributed by atoms with Gasteiger partial charge in [0.15, 0.2) is 0 Å². The van der Waals surface area contributed by atoms with Crippen LogP contribution >= 0.6 is 23.2 Å². The molecule has 6 nitrogen and oxygen atoms in total. The quantitative estimate of drug-likeness (QED) is 0.523. The molecule has 0 aliphatic heterocycles. The lowest BCUT2D eigenvalue weighted by Crippen LogP contribution is -2.26. The van der Waals surface area contributed by atoms with E-state index in [4.69, 9.17) is 33.7 Å². The fourth-order valence-corrected chi connectivity index (χ4v) is 2.70. The first-order chi connectivity index (χ1) is 11.9. The molecule has 0 saturated carbocycles. The highest BCUT2D eigenvalue weighted by atomic mass is 35.5. The van der Waals surface area contributed by atoms with Crippen LogP contribution in [-0.2, 0) is 0 Å². The highest BCUT2D eigenvalue weighted by molar-refractivity contribution is 6.35. The van der Waals surface area contributed by atoms with Gasteiger partial charge < -0.3 is 26.0 Å². The summed E-state index contributed by atoms with van der Waals surface area (Å²) in [4.78, 5) is 11.2. The molecular weight excluding hydrogens is 367 g/mol. The van der Waals surface area contributed by atoms with Gasteiger partial charge in [0.25, 0.3) is 5.91 Å². The summed E-state index contributed by atoms with van der Waals surface area (Å²) >= 11 is 11.9.